The Labute approximate surface area is 169 Å². The molecule has 11 heteroatoms. The van der Waals surface area contributed by atoms with Crippen molar-refractivity contribution >= 4 is 37.4 Å². The summed E-state index contributed by atoms with van der Waals surface area (Å²) >= 11 is 0. The van der Waals surface area contributed by atoms with Crippen LogP contribution in [0.25, 0.3) is 0 Å². The molecular formula is C18H20N2O7S2. The zero-order valence-electron chi connectivity index (χ0n) is 15.7. The molecule has 0 aliphatic heterocycles. The number of benzene rings is 2. The van der Waals surface area contributed by atoms with Crippen molar-refractivity contribution in [3.8, 4) is 0 Å². The van der Waals surface area contributed by atoms with Crippen LogP contribution in [-0.4, -0.2) is 48.6 Å². The minimum atomic E-state index is -4.14. The van der Waals surface area contributed by atoms with Crippen molar-refractivity contribution in [2.45, 2.75) is 16.2 Å². The maximum Gasteiger partial charge on any atom is 0.325 e. The van der Waals surface area contributed by atoms with Crippen molar-refractivity contribution in [3.63, 3.8) is 0 Å². The summed E-state index contributed by atoms with van der Waals surface area (Å²) in [4.78, 5) is 22.1. The quantitative estimate of drug-likeness (QED) is 0.577. The summed E-state index contributed by atoms with van der Waals surface area (Å²) in [5.41, 5.74) is 0.791. The highest BCUT2D eigenvalue weighted by Gasteiger charge is 2.23. The molecule has 156 valence electrons. The number of methoxy groups -OCH3 is 1. The third-order valence-corrected chi connectivity index (χ3v) is 6.49. The molecule has 2 aromatic rings. The number of esters is 1. The number of nitrogens with one attached hydrogen (secondary N) is 2. The molecule has 0 aliphatic rings. The van der Waals surface area contributed by atoms with Gasteiger partial charge in [-0.3, -0.25) is 14.3 Å². The van der Waals surface area contributed by atoms with Gasteiger partial charge in [-0.2, -0.15) is 0 Å². The first kappa shape index (κ1) is 22.4. The van der Waals surface area contributed by atoms with Crippen LogP contribution >= 0.6 is 0 Å². The molecule has 0 unspecified atom stereocenters. The monoisotopic (exact) mass is 440 g/mol. The lowest BCUT2D eigenvalue weighted by molar-refractivity contribution is -0.141. The van der Waals surface area contributed by atoms with Crippen LogP contribution in [0.1, 0.15) is 5.56 Å². The molecular weight excluding hydrogens is 420 g/mol. The number of carbonyl (C=O) groups is 2. The number of sulfonamides is 1. The summed E-state index contributed by atoms with van der Waals surface area (Å²) in [7, 11) is -6.67. The molecule has 0 spiro atoms. The smallest absolute Gasteiger partial charge is 0.325 e. The Bertz CT molecular complexity index is 1110. The van der Waals surface area contributed by atoms with Crippen LogP contribution in [0.2, 0.25) is 0 Å². The number of rotatable bonds is 8. The highest BCUT2D eigenvalue weighted by atomic mass is 32.2. The molecule has 2 N–H and O–H groups in total. The van der Waals surface area contributed by atoms with Crippen LogP contribution in [0.5, 0.6) is 0 Å². The molecule has 0 saturated heterocycles. The molecule has 2 rings (SSSR count). The van der Waals surface area contributed by atoms with Gasteiger partial charge in [0.25, 0.3) is 10.0 Å². The zero-order valence-corrected chi connectivity index (χ0v) is 17.3. The Morgan fingerprint density at radius 3 is 2.07 bits per heavy atom. The van der Waals surface area contributed by atoms with Gasteiger partial charge >= 0.3 is 5.97 Å². The highest BCUT2D eigenvalue weighted by Crippen LogP contribution is 2.23. The predicted molar refractivity (Wildman–Crippen MR) is 106 cm³/mol. The van der Waals surface area contributed by atoms with E-state index in [0.29, 0.717) is 5.56 Å². The number of carbonyl (C=O) groups excluding carboxylic acids is 2. The van der Waals surface area contributed by atoms with Crippen molar-refractivity contribution in [1.82, 2.24) is 5.32 Å². The van der Waals surface area contributed by atoms with Gasteiger partial charge in [-0.15, -0.1) is 0 Å². The SMILES string of the molecule is COC(=O)CNC(=O)Cc1ccc(NS(=O)(=O)c2ccccc2S(C)(=O)=O)cc1. The van der Waals surface area contributed by atoms with Gasteiger partial charge in [0, 0.05) is 11.9 Å². The molecule has 9 nitrogen and oxygen atoms in total. The third-order valence-electron chi connectivity index (χ3n) is 3.77. The van der Waals surface area contributed by atoms with Gasteiger partial charge in [-0.05, 0) is 29.8 Å². The van der Waals surface area contributed by atoms with Gasteiger partial charge in [-0.25, -0.2) is 16.8 Å². The van der Waals surface area contributed by atoms with Crippen LogP contribution in [0, 0.1) is 0 Å². The summed E-state index contributed by atoms with van der Waals surface area (Å²) in [6.07, 6.45) is 0.919. The van der Waals surface area contributed by atoms with Gasteiger partial charge < -0.3 is 10.1 Å². The average molecular weight is 440 g/mol. The van der Waals surface area contributed by atoms with Gasteiger partial charge in [0.15, 0.2) is 9.84 Å². The van der Waals surface area contributed by atoms with Crippen molar-refractivity contribution in [3.05, 3.63) is 54.1 Å². The lowest BCUT2D eigenvalue weighted by atomic mass is 10.1. The second-order valence-corrected chi connectivity index (χ2v) is 9.69. The van der Waals surface area contributed by atoms with E-state index < -0.39 is 31.7 Å². The molecule has 0 aliphatic carbocycles. The number of ether oxygens (including phenoxy) is 1. The number of sulfone groups is 1. The van der Waals surface area contributed by atoms with Crippen molar-refractivity contribution in [2.75, 3.05) is 24.6 Å². The Kier molecular flexibility index (Phi) is 6.98. The van der Waals surface area contributed by atoms with E-state index >= 15 is 0 Å². The fraction of sp³-hybridized carbons (Fsp3) is 0.222. The van der Waals surface area contributed by atoms with Crippen LogP contribution in [0.3, 0.4) is 0 Å². The van der Waals surface area contributed by atoms with Crippen molar-refractivity contribution in [1.29, 1.82) is 0 Å². The molecule has 29 heavy (non-hydrogen) atoms. The van der Waals surface area contributed by atoms with Gasteiger partial charge in [-0.1, -0.05) is 24.3 Å². The topological polar surface area (TPSA) is 136 Å². The standard InChI is InChI=1S/C18H20N2O7S2/c1-27-18(22)12-19-17(21)11-13-7-9-14(10-8-13)20-29(25,26)16-6-4-3-5-15(16)28(2,23)24/h3-10,20H,11-12H2,1-2H3,(H,19,21). The predicted octanol–water partition coefficient (Wildman–Crippen LogP) is 0.723. The van der Waals surface area contributed by atoms with E-state index in [4.69, 9.17) is 0 Å². The Hall–Kier alpha value is -2.92. The maximum absolute atomic E-state index is 12.6. The summed E-state index contributed by atoms with van der Waals surface area (Å²) in [5, 5.41) is 2.39. The van der Waals surface area contributed by atoms with Crippen molar-refractivity contribution < 1.29 is 31.2 Å². The first-order chi connectivity index (χ1) is 13.5. The van der Waals surface area contributed by atoms with E-state index in [9.17, 15) is 26.4 Å². The zero-order chi connectivity index (χ0) is 21.7. The normalized spacial score (nSPS) is 11.5. The third kappa shape index (κ3) is 6.29. The molecule has 0 radical (unpaired) electrons. The number of anilines is 1. The number of hydrogen-bond acceptors (Lipinski definition) is 7. The summed E-state index contributed by atoms with van der Waals surface area (Å²) in [5.74, 6) is -0.969. The van der Waals surface area contributed by atoms with E-state index in [1.807, 2.05) is 0 Å². The molecule has 0 saturated carbocycles. The number of hydrogen-bond donors (Lipinski definition) is 2. The lowest BCUT2D eigenvalue weighted by Gasteiger charge is -2.12. The Morgan fingerprint density at radius 2 is 1.52 bits per heavy atom. The first-order valence-electron chi connectivity index (χ1n) is 8.27. The van der Waals surface area contributed by atoms with Gasteiger partial charge in [0.1, 0.15) is 11.4 Å². The van der Waals surface area contributed by atoms with Gasteiger partial charge in [0.2, 0.25) is 5.91 Å². The molecule has 0 bridgehead atoms. The van der Waals surface area contributed by atoms with E-state index in [-0.39, 0.29) is 28.4 Å². The summed E-state index contributed by atoms with van der Waals surface area (Å²) < 4.78 is 55.7. The Morgan fingerprint density at radius 1 is 0.931 bits per heavy atom. The van der Waals surface area contributed by atoms with Crippen LogP contribution in [-0.2, 0) is 40.6 Å². The lowest BCUT2D eigenvalue weighted by Crippen LogP contribution is -2.31. The summed E-state index contributed by atoms with van der Waals surface area (Å²) in [6.45, 7) is -0.243. The first-order valence-corrected chi connectivity index (χ1v) is 11.6. The molecule has 2 aromatic carbocycles. The maximum atomic E-state index is 12.6. The minimum Gasteiger partial charge on any atom is -0.468 e. The number of amides is 1. The molecule has 1 amide bonds. The van der Waals surface area contributed by atoms with Gasteiger partial charge in [0.05, 0.1) is 18.4 Å². The van der Waals surface area contributed by atoms with Crippen LogP contribution < -0.4 is 10.0 Å². The van der Waals surface area contributed by atoms with Crippen molar-refractivity contribution in [2.24, 2.45) is 0 Å². The largest absolute Gasteiger partial charge is 0.468 e. The highest BCUT2D eigenvalue weighted by molar-refractivity contribution is 7.95. The molecule has 0 fully saturated rings. The molecule has 0 heterocycles. The van der Waals surface area contributed by atoms with E-state index in [2.05, 4.69) is 14.8 Å². The molecule has 0 atom stereocenters. The summed E-state index contributed by atoms with van der Waals surface area (Å²) in [6, 6.07) is 11.3. The van der Waals surface area contributed by atoms with Crippen LogP contribution in [0.4, 0.5) is 5.69 Å². The molecule has 0 aromatic heterocycles. The minimum absolute atomic E-state index is 0.0130. The second kappa shape index (κ2) is 9.05. The van der Waals surface area contributed by atoms with E-state index in [1.54, 1.807) is 0 Å². The second-order valence-electron chi connectivity index (χ2n) is 6.05. The Balaban J connectivity index is 2.12. The fourth-order valence-electron chi connectivity index (χ4n) is 2.37. The van der Waals surface area contributed by atoms with E-state index in [0.717, 1.165) is 6.26 Å². The average Bonchev–Trinajstić information content (AvgIpc) is 2.66. The van der Waals surface area contributed by atoms with Crippen LogP contribution in [0.15, 0.2) is 58.3 Å². The van der Waals surface area contributed by atoms with E-state index in [1.165, 1.54) is 55.6 Å². The fourth-order valence-corrected chi connectivity index (χ4v) is 5.06.